The van der Waals surface area contributed by atoms with Crippen molar-refractivity contribution in [3.05, 3.63) is 40.7 Å². The first-order chi connectivity index (χ1) is 14.2. The number of rotatable bonds is 6. The van der Waals surface area contributed by atoms with Gasteiger partial charge in [0.05, 0.1) is 11.7 Å². The SMILES string of the molecule is CC1CCN(C(CNC(=O)Nc2cccnc2N2CCCC2)c2cccs2)CC1. The molecule has 2 amide bonds. The van der Waals surface area contributed by atoms with Gasteiger partial charge in [-0.2, -0.15) is 0 Å². The fraction of sp³-hybridized carbons (Fsp3) is 0.545. The molecule has 2 aromatic rings. The van der Waals surface area contributed by atoms with Gasteiger partial charge in [-0.3, -0.25) is 4.90 Å². The smallest absolute Gasteiger partial charge is 0.319 e. The molecule has 1 atom stereocenters. The van der Waals surface area contributed by atoms with Crippen molar-refractivity contribution >= 4 is 28.9 Å². The second-order valence-corrected chi connectivity index (χ2v) is 9.13. The van der Waals surface area contributed by atoms with Crippen LogP contribution in [0, 0.1) is 5.92 Å². The van der Waals surface area contributed by atoms with Crippen LogP contribution in [0.2, 0.25) is 0 Å². The summed E-state index contributed by atoms with van der Waals surface area (Å²) in [6.07, 6.45) is 6.60. The van der Waals surface area contributed by atoms with E-state index in [0.717, 1.165) is 43.6 Å². The van der Waals surface area contributed by atoms with E-state index in [-0.39, 0.29) is 12.1 Å². The van der Waals surface area contributed by atoms with E-state index in [2.05, 4.69) is 49.9 Å². The minimum absolute atomic E-state index is 0.162. The molecule has 6 nitrogen and oxygen atoms in total. The van der Waals surface area contributed by atoms with Crippen molar-refractivity contribution in [3.8, 4) is 0 Å². The Labute approximate surface area is 177 Å². The fourth-order valence-electron chi connectivity index (χ4n) is 4.26. The van der Waals surface area contributed by atoms with Crippen LogP contribution in [-0.4, -0.2) is 48.6 Å². The Morgan fingerprint density at radius 3 is 2.72 bits per heavy atom. The molecule has 2 saturated heterocycles. The molecular formula is C22H31N5OS. The summed E-state index contributed by atoms with van der Waals surface area (Å²) in [7, 11) is 0. The van der Waals surface area contributed by atoms with Crippen molar-refractivity contribution in [3.63, 3.8) is 0 Å². The summed E-state index contributed by atoms with van der Waals surface area (Å²) >= 11 is 1.77. The van der Waals surface area contributed by atoms with Gasteiger partial charge in [0.25, 0.3) is 0 Å². The molecule has 1 unspecified atom stereocenters. The molecule has 29 heavy (non-hydrogen) atoms. The number of pyridine rings is 1. The summed E-state index contributed by atoms with van der Waals surface area (Å²) in [5.41, 5.74) is 0.784. The highest BCUT2D eigenvalue weighted by Crippen LogP contribution is 2.29. The highest BCUT2D eigenvalue weighted by atomic mass is 32.1. The number of carbonyl (C=O) groups is 1. The molecule has 0 radical (unpaired) electrons. The zero-order chi connectivity index (χ0) is 20.1. The maximum atomic E-state index is 12.7. The maximum absolute atomic E-state index is 12.7. The molecule has 0 saturated carbocycles. The molecule has 4 heterocycles. The van der Waals surface area contributed by atoms with Gasteiger partial charge in [-0.1, -0.05) is 13.0 Å². The Kier molecular flexibility index (Phi) is 6.67. The number of anilines is 2. The van der Waals surface area contributed by atoms with Crippen LogP contribution in [0.1, 0.15) is 43.5 Å². The third kappa shape index (κ3) is 5.08. The molecule has 0 aromatic carbocycles. The third-order valence-corrected chi connectivity index (χ3v) is 7.00. The molecule has 156 valence electrons. The number of nitrogens with one attached hydrogen (secondary N) is 2. The highest BCUT2D eigenvalue weighted by molar-refractivity contribution is 7.10. The molecule has 4 rings (SSSR count). The number of aromatic nitrogens is 1. The number of urea groups is 1. The first-order valence-electron chi connectivity index (χ1n) is 10.7. The van der Waals surface area contributed by atoms with Crippen LogP contribution < -0.4 is 15.5 Å². The average Bonchev–Trinajstić information content (AvgIpc) is 3.44. The summed E-state index contributed by atoms with van der Waals surface area (Å²) in [6.45, 7) is 7.13. The van der Waals surface area contributed by atoms with Crippen LogP contribution in [0.3, 0.4) is 0 Å². The summed E-state index contributed by atoms with van der Waals surface area (Å²) in [5.74, 6) is 1.67. The number of thiophene rings is 1. The van der Waals surface area contributed by atoms with E-state index in [1.165, 1.54) is 30.6 Å². The van der Waals surface area contributed by atoms with Crippen LogP contribution in [0.25, 0.3) is 0 Å². The van der Waals surface area contributed by atoms with Gasteiger partial charge in [0.2, 0.25) is 0 Å². The number of carbonyl (C=O) groups excluding carboxylic acids is 1. The fourth-order valence-corrected chi connectivity index (χ4v) is 5.12. The molecular weight excluding hydrogens is 382 g/mol. The summed E-state index contributed by atoms with van der Waals surface area (Å²) in [5, 5.41) is 8.26. The average molecular weight is 414 g/mol. The molecule has 0 aliphatic carbocycles. The van der Waals surface area contributed by atoms with Crippen LogP contribution in [0.5, 0.6) is 0 Å². The first-order valence-corrected chi connectivity index (χ1v) is 11.6. The first kappa shape index (κ1) is 20.2. The number of nitrogens with zero attached hydrogens (tertiary/aromatic N) is 3. The van der Waals surface area contributed by atoms with Gasteiger partial charge < -0.3 is 15.5 Å². The van der Waals surface area contributed by atoms with Gasteiger partial charge in [-0.15, -0.1) is 11.3 Å². The van der Waals surface area contributed by atoms with E-state index in [1.54, 1.807) is 17.5 Å². The summed E-state index contributed by atoms with van der Waals surface area (Å²) in [6, 6.07) is 8.16. The summed E-state index contributed by atoms with van der Waals surface area (Å²) < 4.78 is 0. The Morgan fingerprint density at radius 2 is 2.00 bits per heavy atom. The van der Waals surface area contributed by atoms with Gasteiger partial charge in [-0.05, 0) is 68.3 Å². The Bertz CT molecular complexity index is 782. The number of likely N-dealkylation sites (tertiary alicyclic amines) is 1. The largest absolute Gasteiger partial charge is 0.355 e. The van der Waals surface area contributed by atoms with Crippen LogP contribution in [0.4, 0.5) is 16.3 Å². The molecule has 2 fully saturated rings. The van der Waals surface area contributed by atoms with Crippen LogP contribution in [-0.2, 0) is 0 Å². The van der Waals surface area contributed by atoms with Crippen molar-refractivity contribution in [2.24, 2.45) is 5.92 Å². The topological polar surface area (TPSA) is 60.5 Å². The lowest BCUT2D eigenvalue weighted by Gasteiger charge is -2.36. The minimum atomic E-state index is -0.162. The third-order valence-electron chi connectivity index (χ3n) is 6.03. The molecule has 7 heteroatoms. The van der Waals surface area contributed by atoms with Crippen molar-refractivity contribution in [1.29, 1.82) is 0 Å². The van der Waals surface area contributed by atoms with E-state index in [4.69, 9.17) is 0 Å². The lowest BCUT2D eigenvalue weighted by molar-refractivity contribution is 0.138. The Balaban J connectivity index is 1.39. The Morgan fingerprint density at radius 1 is 1.21 bits per heavy atom. The van der Waals surface area contributed by atoms with Crippen molar-refractivity contribution < 1.29 is 4.79 Å². The quantitative estimate of drug-likeness (QED) is 0.740. The predicted molar refractivity (Wildman–Crippen MR) is 120 cm³/mol. The molecule has 2 aliphatic heterocycles. The Hall–Kier alpha value is -2.12. The number of piperidine rings is 1. The number of amides is 2. The van der Waals surface area contributed by atoms with Crippen LogP contribution >= 0.6 is 11.3 Å². The second-order valence-electron chi connectivity index (χ2n) is 8.15. The van der Waals surface area contributed by atoms with Crippen molar-refractivity contribution in [2.45, 2.75) is 38.6 Å². The zero-order valence-electron chi connectivity index (χ0n) is 17.1. The minimum Gasteiger partial charge on any atom is -0.355 e. The molecule has 2 aliphatic rings. The van der Waals surface area contributed by atoms with Crippen molar-refractivity contribution in [1.82, 2.24) is 15.2 Å². The maximum Gasteiger partial charge on any atom is 0.319 e. The molecule has 0 bridgehead atoms. The molecule has 0 spiro atoms. The zero-order valence-corrected chi connectivity index (χ0v) is 18.0. The number of hydrogen-bond acceptors (Lipinski definition) is 5. The molecule has 2 aromatic heterocycles. The monoisotopic (exact) mass is 413 g/mol. The van der Waals surface area contributed by atoms with Gasteiger partial charge in [-0.25, -0.2) is 9.78 Å². The molecule has 2 N–H and O–H groups in total. The van der Waals surface area contributed by atoms with Gasteiger partial charge in [0, 0.05) is 30.7 Å². The van der Waals surface area contributed by atoms with E-state index < -0.39 is 0 Å². The lowest BCUT2D eigenvalue weighted by Crippen LogP contribution is -2.42. The van der Waals surface area contributed by atoms with Crippen LogP contribution in [0.15, 0.2) is 35.8 Å². The van der Waals surface area contributed by atoms with E-state index in [1.807, 2.05) is 12.1 Å². The van der Waals surface area contributed by atoms with E-state index in [9.17, 15) is 4.79 Å². The normalized spacial score (nSPS) is 19.3. The highest BCUT2D eigenvalue weighted by Gasteiger charge is 2.26. The van der Waals surface area contributed by atoms with Gasteiger partial charge in [0.1, 0.15) is 0 Å². The van der Waals surface area contributed by atoms with E-state index >= 15 is 0 Å². The van der Waals surface area contributed by atoms with Gasteiger partial charge >= 0.3 is 6.03 Å². The van der Waals surface area contributed by atoms with Gasteiger partial charge in [0.15, 0.2) is 5.82 Å². The second kappa shape index (κ2) is 9.59. The van der Waals surface area contributed by atoms with E-state index in [0.29, 0.717) is 6.54 Å². The standard InChI is InChI=1S/C22H31N5OS/c1-17-8-13-26(14-9-17)19(20-7-5-15-29-20)16-24-22(28)25-18-6-4-10-23-21(18)27-11-2-3-12-27/h4-7,10,15,17,19H,2-3,8-9,11-14,16H2,1H3,(H2,24,25,28). The van der Waals surface area contributed by atoms with Crippen molar-refractivity contribution in [2.75, 3.05) is 42.9 Å². The summed E-state index contributed by atoms with van der Waals surface area (Å²) in [4.78, 5) is 23.3. The number of hydrogen-bond donors (Lipinski definition) is 2. The lowest BCUT2D eigenvalue weighted by atomic mass is 9.97. The predicted octanol–water partition coefficient (Wildman–Crippen LogP) is 4.34.